The van der Waals surface area contributed by atoms with E-state index in [2.05, 4.69) is 9.82 Å². The lowest BCUT2D eigenvalue weighted by atomic mass is 9.98. The summed E-state index contributed by atoms with van der Waals surface area (Å²) in [7, 11) is -3.24. The van der Waals surface area contributed by atoms with Crippen LogP contribution in [0.15, 0.2) is 42.7 Å². The van der Waals surface area contributed by atoms with Gasteiger partial charge >= 0.3 is 0 Å². The molecular weight excluding hydrogens is 342 g/mol. The van der Waals surface area contributed by atoms with Gasteiger partial charge in [0.2, 0.25) is 10.0 Å². The van der Waals surface area contributed by atoms with Crippen molar-refractivity contribution in [2.24, 2.45) is 5.92 Å². The van der Waals surface area contributed by atoms with Crippen molar-refractivity contribution in [3.05, 3.63) is 42.7 Å². The number of nitrogens with one attached hydrogen (secondary N) is 1. The van der Waals surface area contributed by atoms with E-state index in [1.54, 1.807) is 17.8 Å². The van der Waals surface area contributed by atoms with Crippen LogP contribution in [0, 0.1) is 5.92 Å². The van der Waals surface area contributed by atoms with E-state index >= 15 is 0 Å². The quantitative estimate of drug-likeness (QED) is 0.806. The van der Waals surface area contributed by atoms with Gasteiger partial charge in [-0.15, -0.1) is 0 Å². The van der Waals surface area contributed by atoms with Crippen LogP contribution in [0.2, 0.25) is 0 Å². The summed E-state index contributed by atoms with van der Waals surface area (Å²) in [6.07, 6.45) is 4.26. The molecule has 1 aromatic heterocycles. The molecule has 7 nitrogen and oxygen atoms in total. The van der Waals surface area contributed by atoms with E-state index in [0.717, 1.165) is 11.4 Å². The smallest absolute Gasteiger partial charge is 0.211 e. The van der Waals surface area contributed by atoms with Gasteiger partial charge in [-0.3, -0.25) is 0 Å². The van der Waals surface area contributed by atoms with Crippen LogP contribution in [0.4, 0.5) is 0 Å². The van der Waals surface area contributed by atoms with E-state index < -0.39 is 10.0 Å². The Morgan fingerprint density at radius 2 is 2.16 bits per heavy atom. The molecule has 0 spiro atoms. The average Bonchev–Trinajstić information content (AvgIpc) is 3.16. The van der Waals surface area contributed by atoms with E-state index in [4.69, 9.17) is 9.47 Å². The Kier molecular flexibility index (Phi) is 5.72. The van der Waals surface area contributed by atoms with Crippen molar-refractivity contribution in [3.63, 3.8) is 0 Å². The SMILES string of the molecule is CCS(=O)(=O)N[C@@H]1CCOC[C@H]1COc1ccc(-n2cccn2)cc1. The molecule has 25 heavy (non-hydrogen) atoms. The Balaban J connectivity index is 1.59. The first-order valence-corrected chi connectivity index (χ1v) is 10.0. The Labute approximate surface area is 148 Å². The van der Waals surface area contributed by atoms with Crippen LogP contribution >= 0.6 is 0 Å². The van der Waals surface area contributed by atoms with Crippen molar-refractivity contribution in [1.82, 2.24) is 14.5 Å². The van der Waals surface area contributed by atoms with Crippen LogP contribution in [0.3, 0.4) is 0 Å². The Morgan fingerprint density at radius 1 is 1.36 bits per heavy atom. The van der Waals surface area contributed by atoms with Gasteiger partial charge < -0.3 is 9.47 Å². The molecule has 1 aliphatic heterocycles. The third-order valence-corrected chi connectivity index (χ3v) is 5.68. The fourth-order valence-electron chi connectivity index (χ4n) is 2.75. The largest absolute Gasteiger partial charge is 0.493 e. The maximum atomic E-state index is 11.8. The summed E-state index contributed by atoms with van der Waals surface area (Å²) in [5.41, 5.74) is 0.951. The predicted molar refractivity (Wildman–Crippen MR) is 94.4 cm³/mol. The molecule has 1 N–H and O–H groups in total. The molecule has 1 aromatic carbocycles. The van der Waals surface area contributed by atoms with Crippen molar-refractivity contribution < 1.29 is 17.9 Å². The lowest BCUT2D eigenvalue weighted by Gasteiger charge is -2.31. The predicted octanol–water partition coefficient (Wildman–Crippen LogP) is 1.60. The summed E-state index contributed by atoms with van der Waals surface area (Å²) in [5.74, 6) is 0.798. The summed E-state index contributed by atoms with van der Waals surface area (Å²) < 4.78 is 39.5. The number of nitrogens with zero attached hydrogens (tertiary/aromatic N) is 2. The van der Waals surface area contributed by atoms with Crippen LogP contribution in [-0.4, -0.2) is 49.8 Å². The van der Waals surface area contributed by atoms with Gasteiger partial charge in [0, 0.05) is 31.0 Å². The molecule has 0 radical (unpaired) electrons. The summed E-state index contributed by atoms with van der Waals surface area (Å²) in [4.78, 5) is 0. The maximum Gasteiger partial charge on any atom is 0.211 e. The average molecular weight is 365 g/mol. The fourth-order valence-corrected chi connectivity index (χ4v) is 3.69. The Hall–Kier alpha value is -1.90. The summed E-state index contributed by atoms with van der Waals surface area (Å²) in [6.45, 7) is 3.08. The molecule has 0 unspecified atom stereocenters. The Morgan fingerprint density at radius 3 is 2.84 bits per heavy atom. The number of benzene rings is 1. The van der Waals surface area contributed by atoms with Crippen molar-refractivity contribution in [2.75, 3.05) is 25.6 Å². The first-order chi connectivity index (χ1) is 12.1. The maximum absolute atomic E-state index is 11.8. The first kappa shape index (κ1) is 17.9. The molecule has 2 aromatic rings. The third-order valence-electron chi connectivity index (χ3n) is 4.25. The van der Waals surface area contributed by atoms with E-state index in [0.29, 0.717) is 26.2 Å². The minimum absolute atomic E-state index is 0.0131. The fraction of sp³-hybridized carbons (Fsp3) is 0.471. The van der Waals surface area contributed by atoms with Gasteiger partial charge in [-0.25, -0.2) is 17.8 Å². The molecule has 2 heterocycles. The van der Waals surface area contributed by atoms with Gasteiger partial charge in [0.1, 0.15) is 5.75 Å². The topological polar surface area (TPSA) is 82.5 Å². The lowest BCUT2D eigenvalue weighted by Crippen LogP contribution is -2.47. The minimum Gasteiger partial charge on any atom is -0.493 e. The van der Waals surface area contributed by atoms with Crippen LogP contribution < -0.4 is 9.46 Å². The zero-order valence-electron chi connectivity index (χ0n) is 14.2. The molecule has 0 saturated carbocycles. The van der Waals surface area contributed by atoms with Crippen molar-refractivity contribution >= 4 is 10.0 Å². The number of ether oxygens (including phenoxy) is 2. The summed E-state index contributed by atoms with van der Waals surface area (Å²) in [5, 5.41) is 4.18. The third kappa shape index (κ3) is 4.81. The van der Waals surface area contributed by atoms with Gasteiger partial charge in [0.25, 0.3) is 0 Å². The highest BCUT2D eigenvalue weighted by Gasteiger charge is 2.29. The van der Waals surface area contributed by atoms with Crippen molar-refractivity contribution in [1.29, 1.82) is 0 Å². The van der Waals surface area contributed by atoms with Gasteiger partial charge in [-0.05, 0) is 43.7 Å². The molecule has 2 atom stereocenters. The highest BCUT2D eigenvalue weighted by molar-refractivity contribution is 7.89. The van der Waals surface area contributed by atoms with Crippen LogP contribution in [0.1, 0.15) is 13.3 Å². The minimum atomic E-state index is -3.24. The number of hydrogen-bond acceptors (Lipinski definition) is 5. The molecule has 0 amide bonds. The molecule has 8 heteroatoms. The second-order valence-electron chi connectivity index (χ2n) is 6.01. The summed E-state index contributed by atoms with van der Waals surface area (Å²) >= 11 is 0. The molecule has 3 rings (SSSR count). The summed E-state index contributed by atoms with van der Waals surface area (Å²) in [6, 6.07) is 9.33. The highest BCUT2D eigenvalue weighted by atomic mass is 32.2. The zero-order chi connectivity index (χ0) is 17.7. The van der Waals surface area contributed by atoms with Crippen molar-refractivity contribution in [2.45, 2.75) is 19.4 Å². The normalized spacial score (nSPS) is 21.2. The van der Waals surface area contributed by atoms with Crippen molar-refractivity contribution in [3.8, 4) is 11.4 Å². The molecular formula is C17H23N3O4S. The van der Waals surface area contributed by atoms with Gasteiger partial charge in [0.05, 0.1) is 24.7 Å². The number of hydrogen-bond donors (Lipinski definition) is 1. The van der Waals surface area contributed by atoms with Crippen LogP contribution in [0.5, 0.6) is 5.75 Å². The monoisotopic (exact) mass is 365 g/mol. The Bertz CT molecular complexity index is 760. The molecule has 0 aliphatic carbocycles. The molecule has 136 valence electrons. The van der Waals surface area contributed by atoms with Gasteiger partial charge in [-0.1, -0.05) is 0 Å². The highest BCUT2D eigenvalue weighted by Crippen LogP contribution is 2.20. The number of rotatable bonds is 7. The van der Waals surface area contributed by atoms with Crippen LogP contribution in [0.25, 0.3) is 5.69 Å². The second-order valence-corrected chi connectivity index (χ2v) is 8.05. The zero-order valence-corrected chi connectivity index (χ0v) is 15.0. The number of aromatic nitrogens is 2. The van der Waals surface area contributed by atoms with E-state index in [-0.39, 0.29) is 17.7 Å². The molecule has 0 bridgehead atoms. The lowest BCUT2D eigenvalue weighted by molar-refractivity contribution is 0.0186. The number of sulfonamides is 1. The first-order valence-electron chi connectivity index (χ1n) is 8.38. The molecule has 1 aliphatic rings. The standard InChI is InChI=1S/C17H23N3O4S/c1-2-25(21,22)19-17-8-11-23-12-14(17)13-24-16-6-4-15(5-7-16)20-10-3-9-18-20/h3-7,9-10,14,17,19H,2,8,11-13H2,1H3/t14-,17+/m0/s1. The van der Waals surface area contributed by atoms with Crippen LogP contribution in [-0.2, 0) is 14.8 Å². The van der Waals surface area contributed by atoms with E-state index in [1.165, 1.54) is 0 Å². The molecule has 1 fully saturated rings. The van der Waals surface area contributed by atoms with E-state index in [1.807, 2.05) is 36.5 Å². The van der Waals surface area contributed by atoms with Gasteiger partial charge in [-0.2, -0.15) is 5.10 Å². The molecule has 1 saturated heterocycles. The van der Waals surface area contributed by atoms with Gasteiger partial charge in [0.15, 0.2) is 0 Å². The second kappa shape index (κ2) is 7.99. The van der Waals surface area contributed by atoms with E-state index in [9.17, 15) is 8.42 Å².